The highest BCUT2D eigenvalue weighted by Gasteiger charge is 2.26. The lowest BCUT2D eigenvalue weighted by Gasteiger charge is -2.24. The average Bonchev–Trinajstić information content (AvgIpc) is 3.26. The quantitative estimate of drug-likeness (QED) is 0.881. The van der Waals surface area contributed by atoms with Crippen molar-refractivity contribution in [2.75, 3.05) is 13.2 Å². The van der Waals surface area contributed by atoms with Crippen LogP contribution in [0.3, 0.4) is 0 Å². The molecule has 3 rings (SSSR count). The van der Waals surface area contributed by atoms with E-state index in [1.807, 2.05) is 30.3 Å². The van der Waals surface area contributed by atoms with Gasteiger partial charge in [0.05, 0.1) is 6.10 Å². The molecule has 0 bridgehead atoms. The van der Waals surface area contributed by atoms with E-state index >= 15 is 0 Å². The van der Waals surface area contributed by atoms with Crippen LogP contribution in [0.2, 0.25) is 0 Å². The molecule has 1 aromatic carbocycles. The van der Waals surface area contributed by atoms with Crippen LogP contribution in [0.5, 0.6) is 0 Å². The van der Waals surface area contributed by atoms with Gasteiger partial charge in [-0.15, -0.1) is 0 Å². The Bertz CT molecular complexity index is 703. The van der Waals surface area contributed by atoms with E-state index in [4.69, 9.17) is 14.3 Å². The number of carboxylic acids is 1. The zero-order chi connectivity index (χ0) is 16.9. The molecule has 0 radical (unpaired) electrons. The summed E-state index contributed by atoms with van der Waals surface area (Å²) in [5.74, 6) is -1.74. The molecule has 6 heteroatoms. The fraction of sp³-hybridized carbons (Fsp3) is 0.333. The molecule has 1 saturated heterocycles. The number of hydrogen-bond donors (Lipinski definition) is 1. The molecule has 24 heavy (non-hydrogen) atoms. The number of amides is 1. The summed E-state index contributed by atoms with van der Waals surface area (Å²) >= 11 is 0. The van der Waals surface area contributed by atoms with Crippen molar-refractivity contribution in [3.05, 3.63) is 59.5 Å². The SMILES string of the molecule is O=C(O)c1ccc(C(=O)N(Cc2ccccc2)C[C@@H]2CCCO2)o1. The molecule has 126 valence electrons. The maximum absolute atomic E-state index is 12.8. The highest BCUT2D eigenvalue weighted by molar-refractivity contribution is 5.93. The highest BCUT2D eigenvalue weighted by atomic mass is 16.5. The second-order valence-electron chi connectivity index (χ2n) is 5.78. The van der Waals surface area contributed by atoms with Crippen molar-refractivity contribution in [1.82, 2.24) is 4.90 Å². The standard InChI is InChI=1S/C18H19NO5/c20-17(15-8-9-16(24-15)18(21)22)19(12-14-7-4-10-23-14)11-13-5-2-1-3-6-13/h1-3,5-6,8-9,14H,4,7,10-12H2,(H,21,22)/t14-/m0/s1. The van der Waals surface area contributed by atoms with Crippen molar-refractivity contribution < 1.29 is 23.8 Å². The fourth-order valence-electron chi connectivity index (χ4n) is 2.78. The van der Waals surface area contributed by atoms with Gasteiger partial charge in [-0.05, 0) is 30.5 Å². The molecular weight excluding hydrogens is 310 g/mol. The number of carbonyl (C=O) groups is 2. The Morgan fingerprint density at radius 3 is 2.50 bits per heavy atom. The first-order valence-electron chi connectivity index (χ1n) is 7.91. The summed E-state index contributed by atoms with van der Waals surface area (Å²) in [6.45, 7) is 1.58. The summed E-state index contributed by atoms with van der Waals surface area (Å²) in [6, 6.07) is 12.3. The predicted molar refractivity (Wildman–Crippen MR) is 85.8 cm³/mol. The number of benzene rings is 1. The van der Waals surface area contributed by atoms with E-state index in [1.54, 1.807) is 4.90 Å². The lowest BCUT2D eigenvalue weighted by Crippen LogP contribution is -2.36. The highest BCUT2D eigenvalue weighted by Crippen LogP contribution is 2.18. The zero-order valence-corrected chi connectivity index (χ0v) is 13.2. The van der Waals surface area contributed by atoms with Crippen LogP contribution < -0.4 is 0 Å². The van der Waals surface area contributed by atoms with Crippen LogP contribution in [-0.4, -0.2) is 41.1 Å². The van der Waals surface area contributed by atoms with E-state index in [9.17, 15) is 9.59 Å². The normalized spacial score (nSPS) is 16.9. The van der Waals surface area contributed by atoms with Crippen LogP contribution in [0, 0.1) is 0 Å². The molecular formula is C18H19NO5. The van der Waals surface area contributed by atoms with Gasteiger partial charge in [-0.3, -0.25) is 4.79 Å². The van der Waals surface area contributed by atoms with Gasteiger partial charge in [0.2, 0.25) is 5.76 Å². The van der Waals surface area contributed by atoms with Gasteiger partial charge in [-0.2, -0.15) is 0 Å². The molecule has 1 aliphatic rings. The molecule has 1 aromatic heterocycles. The first-order chi connectivity index (χ1) is 11.6. The lowest BCUT2D eigenvalue weighted by atomic mass is 10.1. The first kappa shape index (κ1) is 16.3. The van der Waals surface area contributed by atoms with Gasteiger partial charge in [-0.1, -0.05) is 30.3 Å². The Kier molecular flexibility index (Phi) is 4.96. The Morgan fingerprint density at radius 1 is 1.12 bits per heavy atom. The van der Waals surface area contributed by atoms with Gasteiger partial charge < -0.3 is 19.2 Å². The number of ether oxygens (including phenoxy) is 1. The Morgan fingerprint density at radius 2 is 1.88 bits per heavy atom. The molecule has 6 nitrogen and oxygen atoms in total. The molecule has 2 aromatic rings. The maximum Gasteiger partial charge on any atom is 0.371 e. The number of furan rings is 1. The number of carboxylic acid groups (broad SMARTS) is 1. The van der Waals surface area contributed by atoms with Crippen molar-refractivity contribution in [1.29, 1.82) is 0 Å². The summed E-state index contributed by atoms with van der Waals surface area (Å²) in [6.07, 6.45) is 1.91. The molecule has 0 unspecified atom stereocenters. The first-order valence-corrected chi connectivity index (χ1v) is 7.91. The Hall–Kier alpha value is -2.60. The largest absolute Gasteiger partial charge is 0.475 e. The topological polar surface area (TPSA) is 80.0 Å². The van der Waals surface area contributed by atoms with Gasteiger partial charge in [0.15, 0.2) is 5.76 Å². The van der Waals surface area contributed by atoms with E-state index in [0.717, 1.165) is 18.4 Å². The second-order valence-corrected chi connectivity index (χ2v) is 5.78. The number of rotatable bonds is 6. The smallest absolute Gasteiger partial charge is 0.371 e. The van der Waals surface area contributed by atoms with Gasteiger partial charge in [0.25, 0.3) is 5.91 Å². The lowest BCUT2D eigenvalue weighted by molar-refractivity contribution is 0.0479. The second kappa shape index (κ2) is 7.31. The van der Waals surface area contributed by atoms with Crippen molar-refractivity contribution in [2.24, 2.45) is 0 Å². The molecule has 2 heterocycles. The van der Waals surface area contributed by atoms with Gasteiger partial charge in [0.1, 0.15) is 0 Å². The molecule has 1 fully saturated rings. The van der Waals surface area contributed by atoms with Crippen LogP contribution in [0.25, 0.3) is 0 Å². The summed E-state index contributed by atoms with van der Waals surface area (Å²) < 4.78 is 10.8. The van der Waals surface area contributed by atoms with E-state index in [0.29, 0.717) is 19.7 Å². The monoisotopic (exact) mass is 329 g/mol. The van der Waals surface area contributed by atoms with Crippen LogP contribution in [-0.2, 0) is 11.3 Å². The summed E-state index contributed by atoms with van der Waals surface area (Å²) in [4.78, 5) is 25.3. The van der Waals surface area contributed by atoms with E-state index in [2.05, 4.69) is 0 Å². The third-order valence-corrected chi connectivity index (χ3v) is 3.98. The van der Waals surface area contributed by atoms with Crippen molar-refractivity contribution in [2.45, 2.75) is 25.5 Å². The summed E-state index contributed by atoms with van der Waals surface area (Å²) in [7, 11) is 0. The molecule has 1 atom stereocenters. The van der Waals surface area contributed by atoms with Crippen molar-refractivity contribution in [3.8, 4) is 0 Å². The number of nitrogens with zero attached hydrogens (tertiary/aromatic N) is 1. The minimum Gasteiger partial charge on any atom is -0.475 e. The van der Waals surface area contributed by atoms with Gasteiger partial charge in [-0.25, -0.2) is 4.79 Å². The van der Waals surface area contributed by atoms with E-state index in [1.165, 1.54) is 12.1 Å². The minimum absolute atomic E-state index is 0.00608. The Balaban J connectivity index is 1.78. The molecule has 1 amide bonds. The number of carbonyl (C=O) groups excluding carboxylic acids is 1. The Labute approximate surface area is 139 Å². The predicted octanol–water partition coefficient (Wildman–Crippen LogP) is 2.80. The van der Waals surface area contributed by atoms with Crippen molar-refractivity contribution >= 4 is 11.9 Å². The van der Waals surface area contributed by atoms with E-state index < -0.39 is 5.97 Å². The molecule has 0 spiro atoms. The third kappa shape index (κ3) is 3.83. The van der Waals surface area contributed by atoms with Gasteiger partial charge in [0, 0.05) is 19.7 Å². The average molecular weight is 329 g/mol. The molecule has 1 N–H and O–H groups in total. The van der Waals surface area contributed by atoms with Crippen LogP contribution in [0.4, 0.5) is 0 Å². The van der Waals surface area contributed by atoms with Gasteiger partial charge >= 0.3 is 5.97 Å². The molecule has 0 saturated carbocycles. The summed E-state index contributed by atoms with van der Waals surface area (Å²) in [5, 5.41) is 8.94. The molecule has 0 aliphatic carbocycles. The third-order valence-electron chi connectivity index (χ3n) is 3.98. The number of hydrogen-bond acceptors (Lipinski definition) is 4. The van der Waals surface area contributed by atoms with Crippen molar-refractivity contribution in [3.63, 3.8) is 0 Å². The van der Waals surface area contributed by atoms with Crippen LogP contribution in [0.1, 0.15) is 39.5 Å². The van der Waals surface area contributed by atoms with Crippen LogP contribution in [0.15, 0.2) is 46.9 Å². The van der Waals surface area contributed by atoms with E-state index in [-0.39, 0.29) is 23.5 Å². The molecule has 1 aliphatic heterocycles. The zero-order valence-electron chi connectivity index (χ0n) is 13.2. The fourth-order valence-corrected chi connectivity index (χ4v) is 2.78. The maximum atomic E-state index is 12.8. The summed E-state index contributed by atoms with van der Waals surface area (Å²) in [5.41, 5.74) is 0.994. The van der Waals surface area contributed by atoms with Crippen LogP contribution >= 0.6 is 0 Å². The number of aromatic carboxylic acids is 1. The minimum atomic E-state index is -1.19.